The molecule has 0 heterocycles. The molecule has 0 unspecified atom stereocenters. The number of aliphatic imine (C=N–C) groups is 1. The van der Waals surface area contributed by atoms with Crippen LogP contribution in [0.5, 0.6) is 0 Å². The van der Waals surface area contributed by atoms with Crippen LogP contribution in [0.4, 0.5) is 0 Å². The first-order valence-electron chi connectivity index (χ1n) is 2.39. The van der Waals surface area contributed by atoms with Crippen molar-refractivity contribution in [3.05, 3.63) is 33.6 Å². The van der Waals surface area contributed by atoms with Crippen LogP contribution in [0.3, 0.4) is 0 Å². The summed E-state index contributed by atoms with van der Waals surface area (Å²) in [4.78, 5) is 3.67. The summed E-state index contributed by atoms with van der Waals surface area (Å²) in [5.41, 5.74) is 1.56. The van der Waals surface area contributed by atoms with Crippen molar-refractivity contribution in [2.45, 2.75) is 0 Å². The van der Waals surface area contributed by atoms with Crippen LogP contribution in [0, 0.1) is 44.1 Å². The van der Waals surface area contributed by atoms with Gasteiger partial charge < -0.3 is 28.8 Å². The van der Waals surface area contributed by atoms with Crippen LogP contribution >= 0.6 is 0 Å². The van der Waals surface area contributed by atoms with Gasteiger partial charge in [-0.2, -0.15) is 4.99 Å². The summed E-state index contributed by atoms with van der Waals surface area (Å²) < 4.78 is 15.0. The molecule has 0 aliphatic rings. The van der Waals surface area contributed by atoms with Crippen LogP contribution < -0.4 is 0 Å². The van der Waals surface area contributed by atoms with Gasteiger partial charge in [0.05, 0.1) is 0 Å². The zero-order valence-electron chi connectivity index (χ0n) is 8.30. The summed E-state index contributed by atoms with van der Waals surface area (Å²) >= 11 is 6.15. The molecule has 0 aromatic rings. The Kier molecular flexibility index (Phi) is 1380. The number of hydrogen-bond donors (Lipinski definition) is 1. The SMILES string of the molecule is [C-]#N.[C-]#N.[C-]#[O+].[C-]#[O+].[CH2-]O.[Fe+2].[Fe+3].[SH2+]/C=N\C[SH2+]. The van der Waals surface area contributed by atoms with Crippen molar-refractivity contribution in [1.82, 2.24) is 0 Å². The van der Waals surface area contributed by atoms with Crippen molar-refractivity contribution in [1.29, 1.82) is 10.5 Å². The molecule has 0 saturated heterocycles. The average Bonchev–Trinajstić information content (AvgIpc) is 2.42. The number of hydrogen-bond acceptors (Lipinski definition) is 4. The fraction of sp³-hybridized carbons (Fsp3) is 0.143. The van der Waals surface area contributed by atoms with Gasteiger partial charge in [-0.05, 0) is 12.6 Å². The van der Waals surface area contributed by atoms with Gasteiger partial charge >= 0.3 is 56.7 Å². The third-order valence-electron chi connectivity index (χ3n) is 0.183. The first-order valence-corrected chi connectivity index (χ1v) is 3.67. The van der Waals surface area contributed by atoms with Crippen molar-refractivity contribution < 1.29 is 48.5 Å². The molecule has 0 saturated carbocycles. The quantitative estimate of drug-likeness (QED) is 0.218. The van der Waals surface area contributed by atoms with Crippen LogP contribution in [0.25, 0.3) is 0 Å². The Morgan fingerprint density at radius 3 is 1.29 bits per heavy atom. The van der Waals surface area contributed by atoms with E-state index in [2.05, 4.69) is 50.7 Å². The molecule has 0 rings (SSSR count). The maximum atomic E-state index is 7.50. The van der Waals surface area contributed by atoms with E-state index < -0.39 is 0 Å². The first kappa shape index (κ1) is 54.1. The second-order valence-corrected chi connectivity index (χ2v) is 1.04. The van der Waals surface area contributed by atoms with Gasteiger partial charge in [0, 0.05) is 12.6 Å². The van der Waals surface area contributed by atoms with E-state index in [4.69, 9.17) is 38.1 Å². The monoisotopic (exact) mass is 360 g/mol. The van der Waals surface area contributed by atoms with E-state index in [9.17, 15) is 0 Å². The van der Waals surface area contributed by atoms with Crippen LogP contribution in [-0.2, 0) is 68.7 Å². The molecule has 0 atom stereocenters. The van der Waals surface area contributed by atoms with Gasteiger partial charge in [0.15, 0.2) is 5.88 Å². The molecular weight excluding hydrogens is 350 g/mol. The van der Waals surface area contributed by atoms with E-state index in [-0.39, 0.29) is 34.1 Å². The second-order valence-electron chi connectivity index (χ2n) is 0.470. The summed E-state index contributed by atoms with van der Waals surface area (Å²) in [7, 11) is 2.25. The van der Waals surface area contributed by atoms with Gasteiger partial charge in [-0.25, -0.2) is 7.11 Å². The molecule has 1 radical (unpaired) electrons. The molecule has 17 heavy (non-hydrogen) atoms. The van der Waals surface area contributed by atoms with E-state index >= 15 is 0 Å². The van der Waals surface area contributed by atoms with Gasteiger partial charge in [0.1, 0.15) is 0 Å². The Morgan fingerprint density at radius 2 is 1.29 bits per heavy atom. The van der Waals surface area contributed by atoms with Gasteiger partial charge in [-0.15, -0.1) is 0 Å². The molecule has 1 N–H and O–H groups in total. The van der Waals surface area contributed by atoms with E-state index in [0.29, 0.717) is 5.88 Å². The van der Waals surface area contributed by atoms with E-state index in [1.807, 2.05) is 0 Å². The minimum atomic E-state index is 0. The largest absolute Gasteiger partial charge is 3.00 e. The van der Waals surface area contributed by atoms with Crippen LogP contribution in [0.2, 0.25) is 0 Å². The molecule has 95 valence electrons. The Labute approximate surface area is 134 Å². The smallest absolute Gasteiger partial charge is 0.569 e. The molecule has 0 aliphatic heterocycles. The van der Waals surface area contributed by atoms with Gasteiger partial charge in [0.25, 0.3) is 0 Å². The predicted molar refractivity (Wildman–Crippen MR) is 58.8 cm³/mol. The number of aliphatic hydroxyl groups is 1. The van der Waals surface area contributed by atoms with Gasteiger partial charge in [0.2, 0.25) is 5.55 Å². The van der Waals surface area contributed by atoms with Gasteiger partial charge in [-0.3, -0.25) is 0 Å². The molecule has 0 aromatic carbocycles. The Hall–Kier alpha value is -0.171. The maximum absolute atomic E-state index is 7.50. The Balaban J connectivity index is -0.00000001000. The summed E-state index contributed by atoms with van der Waals surface area (Å²) in [6.45, 7) is 18.5. The van der Waals surface area contributed by atoms with Crippen LogP contribution in [0.15, 0.2) is 4.99 Å². The first-order chi connectivity index (χ1) is 7.41. The summed E-state index contributed by atoms with van der Waals surface area (Å²) in [6.07, 6.45) is 0. The molecule has 0 spiro atoms. The van der Waals surface area contributed by atoms with Crippen molar-refractivity contribution in [3.8, 4) is 0 Å². The third-order valence-corrected chi connectivity index (χ3v) is 0.548. The number of aliphatic hydroxyl groups excluding tert-OH is 1. The van der Waals surface area contributed by atoms with E-state index in [0.717, 1.165) is 0 Å². The fourth-order valence-corrected chi connectivity index (χ4v) is 0.411. The summed E-state index contributed by atoms with van der Waals surface area (Å²) in [5.74, 6) is 0.670. The minimum Gasteiger partial charge on any atom is -0.569 e. The average molecular weight is 360 g/mol. The zero-order chi connectivity index (χ0) is 14.1. The predicted octanol–water partition coefficient (Wildman–Crippen LogP) is -0.742. The third kappa shape index (κ3) is 905. The minimum absolute atomic E-state index is 0. The molecule has 6 nitrogen and oxygen atoms in total. The normalized spacial score (nSPS) is 3.76. The maximum Gasteiger partial charge on any atom is 3.00 e. The van der Waals surface area contributed by atoms with E-state index in [1.54, 1.807) is 5.55 Å². The topological polar surface area (TPSA) is 120 Å². The Morgan fingerprint density at radius 1 is 1.12 bits per heavy atom. The zero-order valence-corrected chi connectivity index (χ0v) is 12.5. The van der Waals surface area contributed by atoms with Crippen LogP contribution in [0.1, 0.15) is 0 Å². The van der Waals surface area contributed by atoms with Crippen molar-refractivity contribution in [2.75, 3.05) is 5.88 Å². The molecule has 0 bridgehead atoms. The fourth-order valence-electron chi connectivity index (χ4n) is 0.0456. The Bertz CT molecular complexity index is 139. The molecule has 0 amide bonds. The molecule has 0 aromatic heterocycles. The summed E-state index contributed by atoms with van der Waals surface area (Å²) in [5, 5.41) is 19.2. The molecular formula is C7H10Fe2N3O3S2+4. The number of nitrogens with zero attached hydrogens (tertiary/aromatic N) is 3. The van der Waals surface area contributed by atoms with Crippen molar-refractivity contribution >= 4 is 30.8 Å². The molecule has 0 aliphatic carbocycles. The van der Waals surface area contributed by atoms with Gasteiger partial charge in [-0.1, -0.05) is 0 Å². The van der Waals surface area contributed by atoms with Crippen molar-refractivity contribution in [3.63, 3.8) is 0 Å². The summed E-state index contributed by atoms with van der Waals surface area (Å²) in [6, 6.07) is 0. The standard InChI is InChI=1S/C2H5NS2.2CN.CH3O.2CO.2Fe/c4-1-3-2-5;5*1-2;;/h1,5H,2H2,(H,3,4);;;2H,1H2;;;;/q;3*-1;;;+2;+3/p+2. The molecule has 0 fully saturated rings. The number of rotatable bonds is 1. The second kappa shape index (κ2) is 435. The molecule has 10 heteroatoms. The van der Waals surface area contributed by atoms with Crippen molar-refractivity contribution in [2.24, 2.45) is 4.99 Å². The van der Waals surface area contributed by atoms with E-state index in [1.165, 1.54) is 0 Å². The van der Waals surface area contributed by atoms with Crippen LogP contribution in [-0.4, -0.2) is 16.5 Å².